The predicted molar refractivity (Wildman–Crippen MR) is 128 cm³/mol. The number of carbonyl (C=O) groups excluding carboxylic acids is 1. The molecular formula is C27H39NO. The van der Waals surface area contributed by atoms with E-state index >= 15 is 0 Å². The summed E-state index contributed by atoms with van der Waals surface area (Å²) < 4.78 is 0. The van der Waals surface area contributed by atoms with Crippen LogP contribution in [0.15, 0.2) is 78.9 Å². The second kappa shape index (κ2) is 17.7. The normalized spacial score (nSPS) is 12.1. The van der Waals surface area contributed by atoms with E-state index < -0.39 is 0 Å². The molecule has 29 heavy (non-hydrogen) atoms. The molecule has 0 bridgehead atoms. The first-order chi connectivity index (χ1) is 14.3. The Morgan fingerprint density at radius 1 is 0.759 bits per heavy atom. The Morgan fingerprint density at radius 3 is 1.83 bits per heavy atom. The Labute approximate surface area is 178 Å². The van der Waals surface area contributed by atoms with Gasteiger partial charge in [0.1, 0.15) is 0 Å². The van der Waals surface area contributed by atoms with E-state index in [1.54, 1.807) is 4.90 Å². The van der Waals surface area contributed by atoms with Gasteiger partial charge in [-0.25, -0.2) is 0 Å². The highest BCUT2D eigenvalue weighted by Gasteiger charge is 2.09. The molecule has 0 aliphatic heterocycles. The third kappa shape index (κ3) is 13.5. The third-order valence-corrected chi connectivity index (χ3v) is 4.74. The standard InChI is InChI=1S/C27H39NO/c1-3-4-5-6-7-8-9-10-11-12-13-14-15-16-17-18-22-25-27(29)28(2)26-23-20-19-21-24-26/h7-8,10-11,13-14,16-17,19-21,23-24H,3-6,9,12,15,18,22,25H2,1-2H3/b8-7-,11-10-,14-13-,17-16-. The molecule has 0 unspecified atom stereocenters. The van der Waals surface area contributed by atoms with Crippen LogP contribution in [0.3, 0.4) is 0 Å². The monoisotopic (exact) mass is 393 g/mol. The molecular weight excluding hydrogens is 354 g/mol. The first-order valence-corrected chi connectivity index (χ1v) is 11.2. The lowest BCUT2D eigenvalue weighted by molar-refractivity contribution is -0.118. The van der Waals surface area contributed by atoms with Crippen LogP contribution in [0.5, 0.6) is 0 Å². The van der Waals surface area contributed by atoms with Gasteiger partial charge in [-0.1, -0.05) is 86.6 Å². The molecule has 2 heteroatoms. The zero-order chi connectivity index (χ0) is 21.0. The lowest BCUT2D eigenvalue weighted by Crippen LogP contribution is -2.25. The van der Waals surface area contributed by atoms with E-state index in [0.29, 0.717) is 6.42 Å². The molecule has 0 aliphatic carbocycles. The van der Waals surface area contributed by atoms with Crippen LogP contribution in [-0.4, -0.2) is 13.0 Å². The maximum Gasteiger partial charge on any atom is 0.226 e. The molecule has 1 amide bonds. The Balaban J connectivity index is 2.02. The van der Waals surface area contributed by atoms with Gasteiger partial charge in [0.2, 0.25) is 5.91 Å². The van der Waals surface area contributed by atoms with Crippen molar-refractivity contribution in [3.63, 3.8) is 0 Å². The van der Waals surface area contributed by atoms with E-state index in [1.807, 2.05) is 37.4 Å². The van der Waals surface area contributed by atoms with Gasteiger partial charge in [0.25, 0.3) is 0 Å². The fourth-order valence-electron chi connectivity index (χ4n) is 2.90. The number of amides is 1. The van der Waals surface area contributed by atoms with Gasteiger partial charge in [-0.05, 0) is 57.1 Å². The summed E-state index contributed by atoms with van der Waals surface area (Å²) in [7, 11) is 1.84. The molecule has 158 valence electrons. The van der Waals surface area contributed by atoms with Crippen LogP contribution in [0.4, 0.5) is 5.69 Å². The average molecular weight is 394 g/mol. The fourth-order valence-corrected chi connectivity index (χ4v) is 2.90. The Hall–Kier alpha value is -2.35. The molecule has 1 rings (SSSR count). The molecule has 1 aromatic rings. The first kappa shape index (κ1) is 24.7. The Morgan fingerprint density at radius 2 is 1.28 bits per heavy atom. The molecule has 0 saturated heterocycles. The molecule has 0 aromatic heterocycles. The summed E-state index contributed by atoms with van der Waals surface area (Å²) in [6.45, 7) is 2.24. The molecule has 0 fully saturated rings. The van der Waals surface area contributed by atoms with Gasteiger partial charge in [0.15, 0.2) is 0 Å². The number of nitrogens with zero attached hydrogens (tertiary/aromatic N) is 1. The van der Waals surface area contributed by atoms with Crippen LogP contribution in [0.25, 0.3) is 0 Å². The molecule has 0 spiro atoms. The molecule has 1 aromatic carbocycles. The average Bonchev–Trinajstić information content (AvgIpc) is 2.75. The smallest absolute Gasteiger partial charge is 0.226 e. The van der Waals surface area contributed by atoms with Crippen molar-refractivity contribution < 1.29 is 4.79 Å². The lowest BCUT2D eigenvalue weighted by Gasteiger charge is -2.16. The van der Waals surface area contributed by atoms with Gasteiger partial charge in [-0.15, -0.1) is 0 Å². The van der Waals surface area contributed by atoms with Crippen LogP contribution in [-0.2, 0) is 4.79 Å². The van der Waals surface area contributed by atoms with Crippen molar-refractivity contribution in [2.45, 2.75) is 71.1 Å². The van der Waals surface area contributed by atoms with Crippen molar-refractivity contribution in [2.24, 2.45) is 0 Å². The summed E-state index contributed by atoms with van der Waals surface area (Å²) in [5.41, 5.74) is 0.954. The molecule has 0 N–H and O–H groups in total. The van der Waals surface area contributed by atoms with Gasteiger partial charge in [0, 0.05) is 19.2 Å². The molecule has 0 aliphatic rings. The van der Waals surface area contributed by atoms with Crippen molar-refractivity contribution in [2.75, 3.05) is 11.9 Å². The van der Waals surface area contributed by atoms with Crippen LogP contribution < -0.4 is 4.90 Å². The predicted octanol–water partition coefficient (Wildman–Crippen LogP) is 7.80. The quantitative estimate of drug-likeness (QED) is 0.220. The SMILES string of the molecule is CCCCC/C=C\C/C=C\C/C=C\C/C=C\CCCC(=O)N(C)c1ccccc1. The Kier molecular flexibility index (Phi) is 15.1. The summed E-state index contributed by atoms with van der Waals surface area (Å²) in [6, 6.07) is 9.80. The minimum absolute atomic E-state index is 0.173. The maximum absolute atomic E-state index is 12.2. The van der Waals surface area contributed by atoms with Crippen LogP contribution >= 0.6 is 0 Å². The van der Waals surface area contributed by atoms with Crippen molar-refractivity contribution in [3.8, 4) is 0 Å². The van der Waals surface area contributed by atoms with E-state index in [2.05, 4.69) is 55.5 Å². The highest BCUT2D eigenvalue weighted by Crippen LogP contribution is 2.13. The summed E-state index contributed by atoms with van der Waals surface area (Å²) in [6.07, 6.45) is 28.4. The van der Waals surface area contributed by atoms with Crippen LogP contribution in [0, 0.1) is 0 Å². The van der Waals surface area contributed by atoms with Gasteiger partial charge in [0.05, 0.1) is 0 Å². The third-order valence-electron chi connectivity index (χ3n) is 4.74. The molecule has 0 saturated carbocycles. The van der Waals surface area contributed by atoms with Crippen molar-refractivity contribution in [1.29, 1.82) is 0 Å². The number of anilines is 1. The maximum atomic E-state index is 12.2. The van der Waals surface area contributed by atoms with Gasteiger partial charge in [-0.3, -0.25) is 4.79 Å². The van der Waals surface area contributed by atoms with Crippen molar-refractivity contribution in [3.05, 3.63) is 78.9 Å². The summed E-state index contributed by atoms with van der Waals surface area (Å²) in [5, 5.41) is 0. The van der Waals surface area contributed by atoms with E-state index in [1.165, 1.54) is 25.7 Å². The van der Waals surface area contributed by atoms with Gasteiger partial charge in [-0.2, -0.15) is 0 Å². The first-order valence-electron chi connectivity index (χ1n) is 11.2. The number of allylic oxidation sites excluding steroid dienone is 8. The zero-order valence-electron chi connectivity index (χ0n) is 18.4. The molecule has 0 heterocycles. The minimum Gasteiger partial charge on any atom is -0.316 e. The number of carbonyl (C=O) groups is 1. The minimum atomic E-state index is 0.173. The number of para-hydroxylation sites is 1. The highest BCUT2D eigenvalue weighted by molar-refractivity contribution is 5.92. The summed E-state index contributed by atoms with van der Waals surface area (Å²) in [4.78, 5) is 13.9. The van der Waals surface area contributed by atoms with E-state index in [0.717, 1.165) is 37.8 Å². The Bertz CT molecular complexity index is 640. The van der Waals surface area contributed by atoms with Crippen LogP contribution in [0.2, 0.25) is 0 Å². The van der Waals surface area contributed by atoms with E-state index in [9.17, 15) is 4.79 Å². The number of unbranched alkanes of at least 4 members (excludes halogenated alkanes) is 4. The van der Waals surface area contributed by atoms with E-state index in [4.69, 9.17) is 0 Å². The number of hydrogen-bond acceptors (Lipinski definition) is 1. The van der Waals surface area contributed by atoms with Crippen molar-refractivity contribution >= 4 is 11.6 Å². The second-order valence-corrected chi connectivity index (χ2v) is 7.27. The molecule has 0 radical (unpaired) electrons. The number of benzene rings is 1. The zero-order valence-corrected chi connectivity index (χ0v) is 18.4. The van der Waals surface area contributed by atoms with E-state index in [-0.39, 0.29) is 5.91 Å². The van der Waals surface area contributed by atoms with Gasteiger partial charge < -0.3 is 4.90 Å². The van der Waals surface area contributed by atoms with Gasteiger partial charge >= 0.3 is 0 Å². The largest absolute Gasteiger partial charge is 0.316 e. The number of hydrogen-bond donors (Lipinski definition) is 0. The summed E-state index contributed by atoms with van der Waals surface area (Å²) in [5.74, 6) is 0.173. The molecule has 2 nitrogen and oxygen atoms in total. The second-order valence-electron chi connectivity index (χ2n) is 7.27. The number of rotatable bonds is 15. The highest BCUT2D eigenvalue weighted by atomic mass is 16.2. The fraction of sp³-hybridized carbons (Fsp3) is 0.444. The van der Waals surface area contributed by atoms with Crippen LogP contribution in [0.1, 0.15) is 71.1 Å². The summed E-state index contributed by atoms with van der Waals surface area (Å²) >= 11 is 0. The molecule has 0 atom stereocenters. The van der Waals surface area contributed by atoms with Crippen molar-refractivity contribution in [1.82, 2.24) is 0 Å². The lowest BCUT2D eigenvalue weighted by atomic mass is 10.2. The topological polar surface area (TPSA) is 20.3 Å².